The van der Waals surface area contributed by atoms with Crippen molar-refractivity contribution in [3.63, 3.8) is 0 Å². The molecule has 1 fully saturated rings. The summed E-state index contributed by atoms with van der Waals surface area (Å²) in [6.07, 6.45) is 5.25. The van der Waals surface area contributed by atoms with Crippen LogP contribution in [0.1, 0.15) is 24.5 Å². The molecule has 0 aliphatic carbocycles. The number of hydrogen-bond donors (Lipinski definition) is 1. The van der Waals surface area contributed by atoms with Crippen molar-refractivity contribution in [3.8, 4) is 0 Å². The molecule has 1 aliphatic heterocycles. The fourth-order valence-corrected chi connectivity index (χ4v) is 3.87. The van der Waals surface area contributed by atoms with Gasteiger partial charge in [0.1, 0.15) is 13.1 Å². The van der Waals surface area contributed by atoms with Crippen LogP contribution < -0.4 is 14.7 Å². The van der Waals surface area contributed by atoms with E-state index in [-0.39, 0.29) is 5.78 Å². The highest BCUT2D eigenvalue weighted by atomic mass is 16.1. The molecule has 158 valence electrons. The number of nitrogens with one attached hydrogen (secondary N) is 1. The van der Waals surface area contributed by atoms with E-state index in [0.717, 1.165) is 59.7 Å². The number of carbonyl (C=O) groups is 1. The van der Waals surface area contributed by atoms with Gasteiger partial charge < -0.3 is 14.7 Å². The molecular formula is C26H34N3O+. The van der Waals surface area contributed by atoms with Gasteiger partial charge in [0.15, 0.2) is 5.78 Å². The number of hydrogen-bond acceptors (Lipinski definition) is 3. The van der Waals surface area contributed by atoms with Gasteiger partial charge in [0, 0.05) is 39.6 Å². The third-order valence-corrected chi connectivity index (χ3v) is 5.57. The summed E-state index contributed by atoms with van der Waals surface area (Å²) >= 11 is 0. The van der Waals surface area contributed by atoms with E-state index in [4.69, 9.17) is 0 Å². The van der Waals surface area contributed by atoms with Gasteiger partial charge in [-0.15, -0.1) is 0 Å². The lowest BCUT2D eigenvalue weighted by Gasteiger charge is -2.26. The zero-order valence-electron chi connectivity index (χ0n) is 18.9. The molecule has 2 aromatic carbocycles. The molecule has 0 bridgehead atoms. The van der Waals surface area contributed by atoms with Crippen LogP contribution in [-0.2, 0) is 4.79 Å². The fraction of sp³-hybridized carbons (Fsp3) is 0.346. The zero-order valence-corrected chi connectivity index (χ0v) is 18.9. The van der Waals surface area contributed by atoms with Crippen LogP contribution in [0.3, 0.4) is 0 Å². The number of quaternary nitrogens is 1. The molecule has 3 rings (SSSR count). The van der Waals surface area contributed by atoms with Crippen LogP contribution in [0.2, 0.25) is 0 Å². The van der Waals surface area contributed by atoms with Crippen LogP contribution in [0.15, 0.2) is 59.7 Å². The Balaban J connectivity index is 1.89. The van der Waals surface area contributed by atoms with Crippen LogP contribution in [0.25, 0.3) is 12.2 Å². The van der Waals surface area contributed by atoms with Gasteiger partial charge in [-0.05, 0) is 54.0 Å². The minimum Gasteiger partial charge on any atom is -0.378 e. The van der Waals surface area contributed by atoms with E-state index < -0.39 is 0 Å². The second-order valence-corrected chi connectivity index (χ2v) is 8.49. The van der Waals surface area contributed by atoms with E-state index in [1.165, 1.54) is 4.90 Å². The van der Waals surface area contributed by atoms with Gasteiger partial charge in [-0.3, -0.25) is 4.79 Å². The number of rotatable bonds is 6. The van der Waals surface area contributed by atoms with Gasteiger partial charge in [-0.1, -0.05) is 31.2 Å². The standard InChI is InChI=1S/C26H33N3O/c1-6-15-29-18-22(16-20-7-11-24(12-8-20)27(2)3)26(30)23(19-29)17-21-9-13-25(14-10-21)28(4)5/h7-14,16-17H,6,15,18-19H2,1-5H3/p+1/b22-16+,23-17?. The van der Waals surface area contributed by atoms with Crippen molar-refractivity contribution in [1.82, 2.24) is 0 Å². The Morgan fingerprint density at radius 3 is 1.50 bits per heavy atom. The zero-order chi connectivity index (χ0) is 21.7. The second kappa shape index (κ2) is 9.77. The quantitative estimate of drug-likeness (QED) is 0.750. The summed E-state index contributed by atoms with van der Waals surface area (Å²) in [6.45, 7) is 4.86. The first-order valence-corrected chi connectivity index (χ1v) is 10.7. The molecule has 1 heterocycles. The first-order chi connectivity index (χ1) is 14.4. The predicted octanol–water partition coefficient (Wildman–Crippen LogP) is 3.16. The molecule has 2 aromatic rings. The van der Waals surface area contributed by atoms with E-state index >= 15 is 0 Å². The summed E-state index contributed by atoms with van der Waals surface area (Å²) in [4.78, 5) is 18.9. The van der Waals surface area contributed by atoms with Gasteiger partial charge in [-0.2, -0.15) is 0 Å². The summed E-state index contributed by atoms with van der Waals surface area (Å²) in [6, 6.07) is 16.7. The largest absolute Gasteiger partial charge is 0.378 e. The molecule has 30 heavy (non-hydrogen) atoms. The fourth-order valence-electron chi connectivity index (χ4n) is 3.87. The minimum absolute atomic E-state index is 0.184. The Morgan fingerprint density at radius 2 is 1.17 bits per heavy atom. The Labute approximate surface area is 181 Å². The number of nitrogens with zero attached hydrogens (tertiary/aromatic N) is 2. The molecule has 4 heteroatoms. The topological polar surface area (TPSA) is 28.0 Å². The number of Topliss-reactive ketones (excluding diaryl/α,β-unsaturated/α-hetero) is 1. The van der Waals surface area contributed by atoms with Crippen molar-refractivity contribution in [1.29, 1.82) is 0 Å². The molecule has 1 N–H and O–H groups in total. The van der Waals surface area contributed by atoms with Crippen molar-refractivity contribution in [2.75, 3.05) is 57.6 Å². The Kier molecular flexibility index (Phi) is 7.11. The van der Waals surface area contributed by atoms with Crippen molar-refractivity contribution in [2.45, 2.75) is 13.3 Å². The normalized spacial score (nSPS) is 19.4. The number of benzene rings is 2. The first kappa shape index (κ1) is 21.8. The van der Waals surface area contributed by atoms with Crippen molar-refractivity contribution in [2.24, 2.45) is 0 Å². The number of anilines is 2. The lowest BCUT2D eigenvalue weighted by molar-refractivity contribution is -0.891. The van der Waals surface area contributed by atoms with Gasteiger partial charge in [0.2, 0.25) is 0 Å². The summed E-state index contributed by atoms with van der Waals surface area (Å²) < 4.78 is 0. The minimum atomic E-state index is 0.184. The van der Waals surface area contributed by atoms with Crippen molar-refractivity contribution >= 4 is 29.3 Å². The molecule has 0 spiro atoms. The second-order valence-electron chi connectivity index (χ2n) is 8.49. The SMILES string of the molecule is CCC[NH+]1CC(=Cc2ccc(N(C)C)cc2)C(=O)/C(=C/c2ccc(N(C)C)cc2)C1. The van der Waals surface area contributed by atoms with Gasteiger partial charge in [0.05, 0.1) is 17.7 Å². The highest BCUT2D eigenvalue weighted by Crippen LogP contribution is 2.19. The van der Waals surface area contributed by atoms with Crippen LogP contribution in [-0.4, -0.2) is 53.6 Å². The molecule has 0 amide bonds. The lowest BCUT2D eigenvalue weighted by atomic mass is 9.94. The van der Waals surface area contributed by atoms with E-state index in [0.29, 0.717) is 0 Å². The molecule has 4 nitrogen and oxygen atoms in total. The average Bonchev–Trinajstić information content (AvgIpc) is 2.72. The average molecular weight is 405 g/mol. The maximum Gasteiger partial charge on any atom is 0.196 e. The Hall–Kier alpha value is -2.85. The van der Waals surface area contributed by atoms with Crippen LogP contribution in [0, 0.1) is 0 Å². The van der Waals surface area contributed by atoms with E-state index in [2.05, 4.69) is 77.4 Å². The van der Waals surface area contributed by atoms with Crippen LogP contribution in [0.4, 0.5) is 11.4 Å². The molecular weight excluding hydrogens is 370 g/mol. The first-order valence-electron chi connectivity index (χ1n) is 10.7. The monoisotopic (exact) mass is 404 g/mol. The molecule has 1 aliphatic rings. The Bertz CT molecular complexity index is 848. The predicted molar refractivity (Wildman–Crippen MR) is 128 cm³/mol. The lowest BCUT2D eigenvalue weighted by Crippen LogP contribution is -3.13. The number of ketones is 1. The van der Waals surface area contributed by atoms with Gasteiger partial charge in [-0.25, -0.2) is 0 Å². The smallest absolute Gasteiger partial charge is 0.196 e. The van der Waals surface area contributed by atoms with Crippen molar-refractivity contribution < 1.29 is 9.69 Å². The molecule has 0 radical (unpaired) electrons. The summed E-state index contributed by atoms with van der Waals surface area (Å²) in [5.74, 6) is 0.184. The maximum absolute atomic E-state index is 13.3. The number of likely N-dealkylation sites (tertiary alicyclic amines) is 1. The molecule has 1 saturated heterocycles. The van der Waals surface area contributed by atoms with Gasteiger partial charge >= 0.3 is 0 Å². The molecule has 1 unspecified atom stereocenters. The highest BCUT2D eigenvalue weighted by Gasteiger charge is 2.28. The number of piperidine rings is 1. The van der Waals surface area contributed by atoms with Crippen molar-refractivity contribution in [3.05, 3.63) is 70.8 Å². The van der Waals surface area contributed by atoms with Crippen LogP contribution in [0.5, 0.6) is 0 Å². The van der Waals surface area contributed by atoms with E-state index in [1.807, 2.05) is 28.2 Å². The molecule has 1 atom stereocenters. The maximum atomic E-state index is 13.3. The molecule has 0 aromatic heterocycles. The highest BCUT2D eigenvalue weighted by molar-refractivity contribution is 6.14. The third kappa shape index (κ3) is 5.39. The number of carbonyl (C=O) groups excluding carboxylic acids is 1. The summed E-state index contributed by atoms with van der Waals surface area (Å²) in [5, 5.41) is 0. The van der Waals surface area contributed by atoms with E-state index in [1.54, 1.807) is 0 Å². The molecule has 0 saturated carbocycles. The summed E-state index contributed by atoms with van der Waals surface area (Å²) in [5.41, 5.74) is 6.28. The third-order valence-electron chi connectivity index (χ3n) is 5.57. The Morgan fingerprint density at radius 1 is 0.767 bits per heavy atom. The summed E-state index contributed by atoms with van der Waals surface area (Å²) in [7, 11) is 8.14. The van der Waals surface area contributed by atoms with Crippen LogP contribution >= 0.6 is 0 Å². The van der Waals surface area contributed by atoms with E-state index in [9.17, 15) is 4.79 Å². The van der Waals surface area contributed by atoms with Gasteiger partial charge in [0.25, 0.3) is 0 Å².